The van der Waals surface area contributed by atoms with Crippen LogP contribution in [0.5, 0.6) is 0 Å². The second-order valence-corrected chi connectivity index (χ2v) is 7.04. The van der Waals surface area contributed by atoms with E-state index in [1.165, 1.54) is 0 Å². The van der Waals surface area contributed by atoms with Crippen molar-refractivity contribution in [1.29, 1.82) is 0 Å². The summed E-state index contributed by atoms with van der Waals surface area (Å²) in [5.41, 5.74) is 0. The average molecular weight is 493 g/mol. The van der Waals surface area contributed by atoms with Crippen LogP contribution in [0.3, 0.4) is 0 Å². The summed E-state index contributed by atoms with van der Waals surface area (Å²) in [5.74, 6) is 1.36. The first-order chi connectivity index (χ1) is 12.7. The fourth-order valence-corrected chi connectivity index (χ4v) is 3.28. The average Bonchev–Trinajstić information content (AvgIpc) is 3.46. The summed E-state index contributed by atoms with van der Waals surface area (Å²) < 4.78 is 5.01. The third-order valence-electron chi connectivity index (χ3n) is 4.88. The van der Waals surface area contributed by atoms with E-state index in [1.807, 2.05) is 13.0 Å². The van der Waals surface area contributed by atoms with E-state index in [1.54, 1.807) is 0 Å². The SMILES string of the molecule is C=CCN1CCC(NC(=NCC(NC(=O)OCC)C2CC2)NCC)CC1.I. The molecule has 1 amide bonds. The van der Waals surface area contributed by atoms with Crippen molar-refractivity contribution in [2.24, 2.45) is 10.9 Å². The number of piperidine rings is 1. The summed E-state index contributed by atoms with van der Waals surface area (Å²) in [7, 11) is 0. The van der Waals surface area contributed by atoms with Crippen LogP contribution < -0.4 is 16.0 Å². The fraction of sp³-hybridized carbons (Fsp3) is 0.789. The van der Waals surface area contributed by atoms with Crippen LogP contribution in [0.15, 0.2) is 17.6 Å². The highest BCUT2D eigenvalue weighted by Crippen LogP contribution is 2.32. The molecule has 0 bridgehead atoms. The van der Waals surface area contributed by atoms with Crippen LogP contribution in [0.4, 0.5) is 4.79 Å². The molecule has 1 aliphatic carbocycles. The van der Waals surface area contributed by atoms with Crippen molar-refractivity contribution in [2.75, 3.05) is 39.3 Å². The van der Waals surface area contributed by atoms with Crippen LogP contribution in [-0.4, -0.2) is 68.4 Å². The topological polar surface area (TPSA) is 78.0 Å². The Bertz CT molecular complexity index is 477. The number of ether oxygens (including phenoxy) is 1. The lowest BCUT2D eigenvalue weighted by Gasteiger charge is -2.32. The van der Waals surface area contributed by atoms with Crippen molar-refractivity contribution in [3.05, 3.63) is 12.7 Å². The number of likely N-dealkylation sites (tertiary alicyclic amines) is 1. The molecule has 1 heterocycles. The molecule has 156 valence electrons. The van der Waals surface area contributed by atoms with Gasteiger partial charge in [0.25, 0.3) is 0 Å². The van der Waals surface area contributed by atoms with Gasteiger partial charge in [0, 0.05) is 32.2 Å². The first kappa shape index (κ1) is 24.0. The monoisotopic (exact) mass is 493 g/mol. The molecule has 7 nitrogen and oxygen atoms in total. The minimum atomic E-state index is -0.341. The van der Waals surface area contributed by atoms with Crippen LogP contribution in [0, 0.1) is 5.92 Å². The molecule has 0 radical (unpaired) electrons. The first-order valence-electron chi connectivity index (χ1n) is 9.97. The lowest BCUT2D eigenvalue weighted by molar-refractivity contribution is 0.147. The molecule has 0 spiro atoms. The second-order valence-electron chi connectivity index (χ2n) is 7.04. The number of nitrogens with zero attached hydrogens (tertiary/aromatic N) is 2. The van der Waals surface area contributed by atoms with E-state index in [0.717, 1.165) is 57.8 Å². The molecule has 1 saturated heterocycles. The number of carbonyl (C=O) groups is 1. The molecule has 2 fully saturated rings. The van der Waals surface area contributed by atoms with Crippen LogP contribution in [0.2, 0.25) is 0 Å². The largest absolute Gasteiger partial charge is 0.450 e. The van der Waals surface area contributed by atoms with E-state index in [-0.39, 0.29) is 36.1 Å². The lowest BCUT2D eigenvalue weighted by atomic mass is 10.1. The maximum absolute atomic E-state index is 11.7. The van der Waals surface area contributed by atoms with E-state index in [0.29, 0.717) is 25.1 Å². The van der Waals surface area contributed by atoms with Crippen LogP contribution in [0.25, 0.3) is 0 Å². The summed E-state index contributed by atoms with van der Waals surface area (Å²) in [6.07, 6.45) is 6.13. The Balaban J connectivity index is 0.00000364. The van der Waals surface area contributed by atoms with Gasteiger partial charge in [0.15, 0.2) is 5.96 Å². The van der Waals surface area contributed by atoms with Crippen LogP contribution in [-0.2, 0) is 4.74 Å². The Morgan fingerprint density at radius 2 is 2.00 bits per heavy atom. The molecule has 8 heteroatoms. The maximum Gasteiger partial charge on any atom is 0.407 e. The molecule has 3 N–H and O–H groups in total. The van der Waals surface area contributed by atoms with E-state index >= 15 is 0 Å². The van der Waals surface area contributed by atoms with E-state index < -0.39 is 0 Å². The van der Waals surface area contributed by atoms with Crippen molar-refractivity contribution < 1.29 is 9.53 Å². The number of halogens is 1. The second kappa shape index (κ2) is 13.2. The summed E-state index contributed by atoms with van der Waals surface area (Å²) in [5, 5.41) is 9.84. The number of rotatable bonds is 9. The van der Waals surface area contributed by atoms with Crippen LogP contribution >= 0.6 is 24.0 Å². The highest BCUT2D eigenvalue weighted by molar-refractivity contribution is 14.0. The predicted octanol–water partition coefficient (Wildman–Crippen LogP) is 2.33. The number of guanidine groups is 1. The Morgan fingerprint density at radius 1 is 1.30 bits per heavy atom. The third kappa shape index (κ3) is 9.14. The maximum atomic E-state index is 11.7. The van der Waals surface area contributed by atoms with Gasteiger partial charge >= 0.3 is 6.09 Å². The molecule has 0 aromatic carbocycles. The third-order valence-corrected chi connectivity index (χ3v) is 4.88. The highest BCUT2D eigenvalue weighted by Gasteiger charge is 2.32. The molecule has 1 saturated carbocycles. The minimum Gasteiger partial charge on any atom is -0.450 e. The molecule has 1 atom stereocenters. The van der Waals surface area contributed by atoms with Gasteiger partial charge in [0.05, 0.1) is 19.2 Å². The Labute approximate surface area is 180 Å². The van der Waals surface area contributed by atoms with Gasteiger partial charge in [-0.05, 0) is 45.4 Å². The molecule has 0 aromatic heterocycles. The summed E-state index contributed by atoms with van der Waals surface area (Å²) in [6, 6.07) is 0.491. The Kier molecular flexibility index (Phi) is 11.7. The van der Waals surface area contributed by atoms with Crippen LogP contribution in [0.1, 0.15) is 39.5 Å². The molecule has 0 aromatic rings. The van der Waals surface area contributed by atoms with Crippen molar-refractivity contribution in [3.63, 3.8) is 0 Å². The molecular weight excluding hydrogens is 457 g/mol. The highest BCUT2D eigenvalue weighted by atomic mass is 127. The molecule has 2 aliphatic rings. The number of amides is 1. The van der Waals surface area contributed by atoms with Gasteiger partial charge in [-0.2, -0.15) is 0 Å². The van der Waals surface area contributed by atoms with Crippen molar-refractivity contribution >= 4 is 36.0 Å². The van der Waals surface area contributed by atoms with Crippen molar-refractivity contribution in [2.45, 2.75) is 51.6 Å². The lowest BCUT2D eigenvalue weighted by Crippen LogP contribution is -2.49. The summed E-state index contributed by atoms with van der Waals surface area (Å²) >= 11 is 0. The van der Waals surface area contributed by atoms with E-state index in [9.17, 15) is 4.79 Å². The van der Waals surface area contributed by atoms with Gasteiger partial charge in [-0.1, -0.05) is 6.08 Å². The molecular formula is C19H36IN5O2. The first-order valence-corrected chi connectivity index (χ1v) is 9.97. The fourth-order valence-electron chi connectivity index (χ4n) is 3.28. The normalized spacial score (nSPS) is 19.6. The summed E-state index contributed by atoms with van der Waals surface area (Å²) in [4.78, 5) is 18.9. The van der Waals surface area contributed by atoms with Gasteiger partial charge in [-0.3, -0.25) is 9.89 Å². The number of nitrogens with one attached hydrogen (secondary N) is 3. The zero-order valence-electron chi connectivity index (χ0n) is 16.7. The quantitative estimate of drug-likeness (QED) is 0.199. The Hall–Kier alpha value is -1.03. The summed E-state index contributed by atoms with van der Waals surface area (Å²) in [6.45, 7) is 12.6. The van der Waals surface area contributed by atoms with Crippen molar-refractivity contribution in [3.8, 4) is 0 Å². The number of hydrogen-bond acceptors (Lipinski definition) is 4. The van der Waals surface area contributed by atoms with Gasteiger partial charge in [0.1, 0.15) is 0 Å². The van der Waals surface area contributed by atoms with Crippen molar-refractivity contribution in [1.82, 2.24) is 20.9 Å². The van der Waals surface area contributed by atoms with Gasteiger partial charge < -0.3 is 20.7 Å². The minimum absolute atomic E-state index is 0. The molecule has 27 heavy (non-hydrogen) atoms. The smallest absolute Gasteiger partial charge is 0.407 e. The predicted molar refractivity (Wildman–Crippen MR) is 121 cm³/mol. The molecule has 2 rings (SSSR count). The molecule has 1 aliphatic heterocycles. The molecule has 1 unspecified atom stereocenters. The number of alkyl carbamates (subject to hydrolysis) is 1. The zero-order valence-corrected chi connectivity index (χ0v) is 19.0. The number of aliphatic imine (C=N–C) groups is 1. The zero-order chi connectivity index (χ0) is 18.8. The van der Waals surface area contributed by atoms with Gasteiger partial charge in [-0.15, -0.1) is 30.6 Å². The van der Waals surface area contributed by atoms with E-state index in [2.05, 4.69) is 34.4 Å². The standard InChI is InChI=1S/C19H35N5O2.HI/c1-4-11-24-12-9-16(10-13-24)22-18(20-5-2)21-14-17(15-7-8-15)23-19(25)26-6-3;/h4,15-17H,1,5-14H2,2-3H3,(H,23,25)(H2,20,21,22);1H. The number of carbonyl (C=O) groups excluding carboxylic acids is 1. The van der Waals surface area contributed by atoms with Gasteiger partial charge in [-0.25, -0.2) is 4.79 Å². The van der Waals surface area contributed by atoms with Gasteiger partial charge in [0.2, 0.25) is 0 Å². The Morgan fingerprint density at radius 3 is 2.56 bits per heavy atom. The van der Waals surface area contributed by atoms with E-state index in [4.69, 9.17) is 9.73 Å². The number of hydrogen-bond donors (Lipinski definition) is 3.